The predicted molar refractivity (Wildman–Crippen MR) is 111 cm³/mol. The molecule has 0 aliphatic heterocycles. The Morgan fingerprint density at radius 3 is 2.24 bits per heavy atom. The van der Waals surface area contributed by atoms with Crippen LogP contribution < -0.4 is 4.18 Å². The molecule has 0 bridgehead atoms. The molecule has 1 amide bonds. The molecule has 0 saturated carbocycles. The van der Waals surface area contributed by atoms with Gasteiger partial charge in [-0.1, -0.05) is 35.3 Å². The second kappa shape index (κ2) is 8.90. The molecule has 3 rings (SSSR count). The summed E-state index contributed by atoms with van der Waals surface area (Å²) in [5, 5.41) is 0.724. The van der Waals surface area contributed by atoms with Crippen molar-refractivity contribution < 1.29 is 21.8 Å². The van der Waals surface area contributed by atoms with Gasteiger partial charge in [0.1, 0.15) is 11.5 Å². The normalized spacial score (nSPS) is 11.3. The van der Waals surface area contributed by atoms with Crippen molar-refractivity contribution in [3.8, 4) is 5.75 Å². The molecule has 9 heteroatoms. The molecule has 0 spiro atoms. The Morgan fingerprint density at radius 2 is 1.69 bits per heavy atom. The summed E-state index contributed by atoms with van der Waals surface area (Å²) in [5.41, 5.74) is 1.13. The molecule has 3 aromatic rings. The van der Waals surface area contributed by atoms with Gasteiger partial charge >= 0.3 is 10.1 Å². The molecule has 0 saturated heterocycles. The fourth-order valence-corrected chi connectivity index (χ4v) is 3.68. The van der Waals surface area contributed by atoms with Crippen molar-refractivity contribution >= 4 is 39.2 Å². The average Bonchev–Trinajstić information content (AvgIpc) is 3.13. The molecule has 0 aliphatic carbocycles. The van der Waals surface area contributed by atoms with E-state index in [2.05, 4.69) is 0 Å². The molecule has 1 aromatic heterocycles. The lowest BCUT2D eigenvalue weighted by molar-refractivity contribution is 0.0717. The van der Waals surface area contributed by atoms with Crippen molar-refractivity contribution in [2.24, 2.45) is 0 Å². The molecule has 0 radical (unpaired) electrons. The largest absolute Gasteiger partial charge is 0.467 e. The maximum atomic E-state index is 13.1. The van der Waals surface area contributed by atoms with Crippen LogP contribution in [0.2, 0.25) is 10.0 Å². The first-order valence-corrected chi connectivity index (χ1v) is 11.0. The number of amides is 1. The number of furan rings is 1. The van der Waals surface area contributed by atoms with Gasteiger partial charge in [0.25, 0.3) is 5.91 Å². The van der Waals surface area contributed by atoms with E-state index in [1.807, 2.05) is 0 Å². The van der Waals surface area contributed by atoms with Gasteiger partial charge in [-0.05, 0) is 48.0 Å². The van der Waals surface area contributed by atoms with Crippen LogP contribution in [0.15, 0.2) is 65.3 Å². The lowest BCUT2D eigenvalue weighted by Gasteiger charge is -2.22. The Morgan fingerprint density at radius 1 is 1.03 bits per heavy atom. The van der Waals surface area contributed by atoms with Gasteiger partial charge in [-0.15, -0.1) is 0 Å². The summed E-state index contributed by atoms with van der Waals surface area (Å²) < 4.78 is 32.7. The minimum atomic E-state index is -3.61. The maximum Gasteiger partial charge on any atom is 0.306 e. The second-order valence-electron chi connectivity index (χ2n) is 6.33. The standard InChI is InChI=1S/C20H17Cl2NO5S/c1-29(25,26)28-18-6-4-14(5-7-18)12-23(13-19-3-2-8-27-19)20(24)15-9-16(21)11-17(22)10-15/h2-11H,12-13H2,1H3. The number of hydrogen-bond donors (Lipinski definition) is 0. The summed E-state index contributed by atoms with van der Waals surface area (Å²) in [6.07, 6.45) is 2.51. The summed E-state index contributed by atoms with van der Waals surface area (Å²) in [7, 11) is -3.61. The van der Waals surface area contributed by atoms with Crippen LogP contribution >= 0.6 is 23.2 Å². The van der Waals surface area contributed by atoms with Crippen molar-refractivity contribution in [3.63, 3.8) is 0 Å². The van der Waals surface area contributed by atoms with Gasteiger partial charge in [-0.2, -0.15) is 8.42 Å². The van der Waals surface area contributed by atoms with E-state index in [0.29, 0.717) is 21.4 Å². The summed E-state index contributed by atoms with van der Waals surface area (Å²) in [4.78, 5) is 14.7. The van der Waals surface area contributed by atoms with E-state index in [0.717, 1.165) is 11.8 Å². The van der Waals surface area contributed by atoms with Gasteiger partial charge in [0.2, 0.25) is 0 Å². The van der Waals surface area contributed by atoms with Crippen LogP contribution in [0.3, 0.4) is 0 Å². The lowest BCUT2D eigenvalue weighted by atomic mass is 10.1. The van der Waals surface area contributed by atoms with Crippen LogP contribution in [0.4, 0.5) is 0 Å². The highest BCUT2D eigenvalue weighted by Crippen LogP contribution is 2.23. The Kier molecular flexibility index (Phi) is 6.52. The van der Waals surface area contributed by atoms with Crippen LogP contribution in [0.25, 0.3) is 0 Å². The van der Waals surface area contributed by atoms with Gasteiger partial charge in [0.05, 0.1) is 19.1 Å². The summed E-state index contributed by atoms with van der Waals surface area (Å²) in [6, 6.07) is 14.6. The first-order chi connectivity index (χ1) is 13.7. The summed E-state index contributed by atoms with van der Waals surface area (Å²) in [5.74, 6) is 0.535. The van der Waals surface area contributed by atoms with Gasteiger partial charge < -0.3 is 13.5 Å². The van der Waals surface area contributed by atoms with Crippen LogP contribution in [-0.4, -0.2) is 25.5 Å². The number of benzene rings is 2. The van der Waals surface area contributed by atoms with Gasteiger partial charge in [0.15, 0.2) is 0 Å². The Balaban J connectivity index is 1.84. The number of rotatable bonds is 7. The van der Waals surface area contributed by atoms with E-state index >= 15 is 0 Å². The number of carbonyl (C=O) groups is 1. The first-order valence-electron chi connectivity index (χ1n) is 8.46. The smallest absolute Gasteiger partial charge is 0.306 e. The Hall–Kier alpha value is -2.48. The molecule has 0 aliphatic rings. The van der Waals surface area contributed by atoms with Gasteiger partial charge in [-0.3, -0.25) is 4.79 Å². The Labute approximate surface area is 178 Å². The minimum absolute atomic E-state index is 0.196. The molecule has 0 N–H and O–H groups in total. The Bertz CT molecular complexity index is 1080. The van der Waals surface area contributed by atoms with E-state index in [4.69, 9.17) is 31.8 Å². The molecule has 29 heavy (non-hydrogen) atoms. The molecule has 0 fully saturated rings. The zero-order chi connectivity index (χ0) is 21.0. The van der Waals surface area contributed by atoms with Crippen molar-refractivity contribution in [3.05, 3.63) is 87.8 Å². The predicted octanol–water partition coefficient (Wildman–Crippen LogP) is 4.77. The minimum Gasteiger partial charge on any atom is -0.467 e. The van der Waals surface area contributed by atoms with Gasteiger partial charge in [-0.25, -0.2) is 0 Å². The van der Waals surface area contributed by atoms with Crippen LogP contribution in [-0.2, 0) is 23.2 Å². The zero-order valence-corrected chi connectivity index (χ0v) is 17.7. The van der Waals surface area contributed by atoms with Crippen molar-refractivity contribution in [2.45, 2.75) is 13.1 Å². The lowest BCUT2D eigenvalue weighted by Crippen LogP contribution is -2.30. The zero-order valence-electron chi connectivity index (χ0n) is 15.3. The highest BCUT2D eigenvalue weighted by molar-refractivity contribution is 7.86. The maximum absolute atomic E-state index is 13.1. The molecule has 0 atom stereocenters. The number of carbonyl (C=O) groups excluding carboxylic acids is 1. The summed E-state index contributed by atoms with van der Waals surface area (Å²) >= 11 is 12.1. The molecule has 1 heterocycles. The second-order valence-corrected chi connectivity index (χ2v) is 8.78. The molecule has 152 valence electrons. The molecule has 6 nitrogen and oxygen atoms in total. The van der Waals surface area contributed by atoms with Crippen LogP contribution in [0.1, 0.15) is 21.7 Å². The van der Waals surface area contributed by atoms with E-state index < -0.39 is 10.1 Å². The summed E-state index contributed by atoms with van der Waals surface area (Å²) in [6.45, 7) is 0.486. The molecule has 0 unspecified atom stereocenters. The number of nitrogens with zero attached hydrogens (tertiary/aromatic N) is 1. The monoisotopic (exact) mass is 453 g/mol. The fraction of sp³-hybridized carbons (Fsp3) is 0.150. The number of halogens is 2. The quantitative estimate of drug-likeness (QED) is 0.481. The molecular weight excluding hydrogens is 437 g/mol. The third kappa shape index (κ3) is 6.25. The van der Waals surface area contributed by atoms with Gasteiger partial charge in [0, 0.05) is 22.2 Å². The fourth-order valence-electron chi connectivity index (χ4n) is 2.70. The third-order valence-corrected chi connectivity index (χ3v) is 4.80. The van der Waals surface area contributed by atoms with Crippen molar-refractivity contribution in [1.29, 1.82) is 0 Å². The molecular formula is C20H17Cl2NO5S. The first kappa shape index (κ1) is 21.2. The van der Waals surface area contributed by atoms with Crippen molar-refractivity contribution in [1.82, 2.24) is 4.90 Å². The van der Waals surface area contributed by atoms with Crippen LogP contribution in [0, 0.1) is 0 Å². The van der Waals surface area contributed by atoms with E-state index in [-0.39, 0.29) is 24.7 Å². The van der Waals surface area contributed by atoms with E-state index in [9.17, 15) is 13.2 Å². The highest BCUT2D eigenvalue weighted by Gasteiger charge is 2.19. The van der Waals surface area contributed by atoms with E-state index in [1.165, 1.54) is 18.4 Å². The highest BCUT2D eigenvalue weighted by atomic mass is 35.5. The van der Waals surface area contributed by atoms with Crippen LogP contribution in [0.5, 0.6) is 5.75 Å². The SMILES string of the molecule is CS(=O)(=O)Oc1ccc(CN(Cc2ccco2)C(=O)c2cc(Cl)cc(Cl)c2)cc1. The topological polar surface area (TPSA) is 76.8 Å². The molecule has 2 aromatic carbocycles. The van der Waals surface area contributed by atoms with Crippen molar-refractivity contribution in [2.75, 3.05) is 6.26 Å². The average molecular weight is 454 g/mol. The number of hydrogen-bond acceptors (Lipinski definition) is 5. The third-order valence-electron chi connectivity index (χ3n) is 3.87. The van der Waals surface area contributed by atoms with E-state index in [1.54, 1.807) is 47.4 Å².